The summed E-state index contributed by atoms with van der Waals surface area (Å²) in [4.78, 5) is 19.5. The number of amides is 1. The van der Waals surface area contributed by atoms with Crippen molar-refractivity contribution in [3.8, 4) is 5.75 Å². The molecule has 1 amide bonds. The Bertz CT molecular complexity index is 908. The van der Waals surface area contributed by atoms with Crippen molar-refractivity contribution in [1.82, 2.24) is 9.97 Å². The van der Waals surface area contributed by atoms with Crippen molar-refractivity contribution in [3.05, 3.63) is 51.2 Å². The molecule has 3 aromatic rings. The van der Waals surface area contributed by atoms with E-state index in [1.165, 1.54) is 7.11 Å². The number of aromatic amines is 1. The van der Waals surface area contributed by atoms with Crippen LogP contribution in [0.15, 0.2) is 30.3 Å². The summed E-state index contributed by atoms with van der Waals surface area (Å²) in [7, 11) is 1.42. The highest BCUT2D eigenvalue weighted by atomic mass is 35.5. The molecular formula is C15H10Cl3N3O2. The summed E-state index contributed by atoms with van der Waals surface area (Å²) >= 11 is 18.0. The molecule has 0 saturated carbocycles. The molecule has 0 bridgehead atoms. The maximum Gasteiger partial charge on any atom is 0.261 e. The number of carbonyl (C=O) groups is 1. The third-order valence-electron chi connectivity index (χ3n) is 3.20. The molecule has 8 heteroatoms. The van der Waals surface area contributed by atoms with Crippen molar-refractivity contribution in [2.45, 2.75) is 0 Å². The fourth-order valence-corrected chi connectivity index (χ4v) is 2.86. The average molecular weight is 371 g/mol. The van der Waals surface area contributed by atoms with Gasteiger partial charge in [-0.25, -0.2) is 4.98 Å². The van der Waals surface area contributed by atoms with Crippen LogP contribution in [0.3, 0.4) is 0 Å². The van der Waals surface area contributed by atoms with E-state index in [-0.39, 0.29) is 21.6 Å². The van der Waals surface area contributed by atoms with Crippen molar-refractivity contribution in [2.24, 2.45) is 0 Å². The maximum absolute atomic E-state index is 12.5. The molecule has 0 spiro atoms. The minimum Gasteiger partial charge on any atom is -0.494 e. The number of hydrogen-bond donors (Lipinski definition) is 2. The van der Waals surface area contributed by atoms with Crippen molar-refractivity contribution >= 4 is 57.4 Å². The number of fused-ring (bicyclic) bond motifs is 1. The molecule has 0 saturated heterocycles. The van der Waals surface area contributed by atoms with E-state index in [0.29, 0.717) is 21.7 Å². The Morgan fingerprint density at radius 1 is 1.17 bits per heavy atom. The topological polar surface area (TPSA) is 67.0 Å². The van der Waals surface area contributed by atoms with Gasteiger partial charge in [0.25, 0.3) is 5.91 Å². The molecule has 0 atom stereocenters. The van der Waals surface area contributed by atoms with Crippen molar-refractivity contribution in [2.75, 3.05) is 12.4 Å². The third kappa shape index (κ3) is 3.08. The lowest BCUT2D eigenvalue weighted by molar-refractivity contribution is 0.102. The molecule has 0 fully saturated rings. The van der Waals surface area contributed by atoms with Gasteiger partial charge in [-0.3, -0.25) is 4.79 Å². The molecule has 23 heavy (non-hydrogen) atoms. The van der Waals surface area contributed by atoms with E-state index in [9.17, 15) is 4.79 Å². The average Bonchev–Trinajstić information content (AvgIpc) is 2.88. The van der Waals surface area contributed by atoms with Gasteiger partial charge in [0.15, 0.2) is 5.75 Å². The van der Waals surface area contributed by atoms with Gasteiger partial charge in [-0.05, 0) is 41.9 Å². The predicted molar refractivity (Wildman–Crippen MR) is 92.1 cm³/mol. The van der Waals surface area contributed by atoms with Crippen LogP contribution in [0.2, 0.25) is 15.3 Å². The summed E-state index contributed by atoms with van der Waals surface area (Å²) in [5.41, 5.74) is 2.13. The molecule has 118 valence electrons. The molecule has 0 unspecified atom stereocenters. The predicted octanol–water partition coefficient (Wildman–Crippen LogP) is 4.78. The number of carbonyl (C=O) groups excluding carboxylic acids is 1. The highest BCUT2D eigenvalue weighted by molar-refractivity contribution is 6.37. The smallest absolute Gasteiger partial charge is 0.261 e. The summed E-state index contributed by atoms with van der Waals surface area (Å²) in [6, 6.07) is 8.28. The first-order chi connectivity index (χ1) is 11.0. The van der Waals surface area contributed by atoms with Crippen molar-refractivity contribution < 1.29 is 9.53 Å². The van der Waals surface area contributed by atoms with Gasteiger partial charge in [-0.2, -0.15) is 0 Å². The SMILES string of the molecule is COc1c(Cl)ccc(Cl)c1C(=O)Nc1ccc2nc(Cl)[nH]c2c1. The number of H-pyrrole nitrogens is 1. The molecule has 0 aliphatic heterocycles. The number of benzene rings is 2. The van der Waals surface area contributed by atoms with Gasteiger partial charge in [0.05, 0.1) is 28.2 Å². The number of halogens is 3. The number of nitrogens with one attached hydrogen (secondary N) is 2. The zero-order chi connectivity index (χ0) is 16.6. The number of rotatable bonds is 3. The van der Waals surface area contributed by atoms with Gasteiger partial charge in [-0.15, -0.1) is 0 Å². The lowest BCUT2D eigenvalue weighted by Gasteiger charge is -2.12. The summed E-state index contributed by atoms with van der Waals surface area (Å²) in [6.45, 7) is 0. The number of imidazole rings is 1. The highest BCUT2D eigenvalue weighted by Crippen LogP contribution is 2.34. The second-order valence-corrected chi connectivity index (χ2v) is 5.82. The normalized spacial score (nSPS) is 10.8. The first-order valence-electron chi connectivity index (χ1n) is 6.48. The molecule has 1 aromatic heterocycles. The Morgan fingerprint density at radius 2 is 1.91 bits per heavy atom. The second-order valence-electron chi connectivity index (χ2n) is 4.65. The van der Waals surface area contributed by atoms with Gasteiger partial charge >= 0.3 is 0 Å². The monoisotopic (exact) mass is 369 g/mol. The van der Waals surface area contributed by atoms with E-state index in [4.69, 9.17) is 39.5 Å². The first-order valence-corrected chi connectivity index (χ1v) is 7.61. The van der Waals surface area contributed by atoms with Crippen LogP contribution in [0, 0.1) is 0 Å². The largest absolute Gasteiger partial charge is 0.494 e. The van der Waals surface area contributed by atoms with Crippen LogP contribution in [-0.2, 0) is 0 Å². The van der Waals surface area contributed by atoms with Crippen LogP contribution >= 0.6 is 34.8 Å². The molecule has 0 radical (unpaired) electrons. The maximum atomic E-state index is 12.5. The van der Waals surface area contributed by atoms with Gasteiger partial charge in [0.1, 0.15) is 5.56 Å². The minimum absolute atomic E-state index is 0.171. The summed E-state index contributed by atoms with van der Waals surface area (Å²) in [6.07, 6.45) is 0. The molecular weight excluding hydrogens is 361 g/mol. The van der Waals surface area contributed by atoms with Crippen LogP contribution in [0.4, 0.5) is 5.69 Å². The van der Waals surface area contributed by atoms with E-state index in [2.05, 4.69) is 15.3 Å². The summed E-state index contributed by atoms with van der Waals surface area (Å²) in [5.74, 6) is -0.207. The van der Waals surface area contributed by atoms with Crippen LogP contribution in [0.1, 0.15) is 10.4 Å². The van der Waals surface area contributed by atoms with Crippen molar-refractivity contribution in [1.29, 1.82) is 0 Å². The minimum atomic E-state index is -0.431. The Kier molecular flexibility index (Phi) is 4.35. The van der Waals surface area contributed by atoms with Gasteiger partial charge in [0, 0.05) is 5.69 Å². The molecule has 1 heterocycles. The van der Waals surface area contributed by atoms with Gasteiger partial charge < -0.3 is 15.0 Å². The number of aromatic nitrogens is 2. The Balaban J connectivity index is 1.96. The quantitative estimate of drug-likeness (QED) is 0.697. The summed E-state index contributed by atoms with van der Waals surface area (Å²) in [5, 5.41) is 3.58. The Morgan fingerprint density at radius 3 is 2.65 bits per heavy atom. The zero-order valence-electron chi connectivity index (χ0n) is 11.8. The van der Waals surface area contributed by atoms with E-state index < -0.39 is 5.91 Å². The first kappa shape index (κ1) is 15.9. The molecule has 0 aliphatic rings. The van der Waals surface area contributed by atoms with E-state index in [1.54, 1.807) is 30.3 Å². The van der Waals surface area contributed by atoms with E-state index in [1.807, 2.05) is 0 Å². The van der Waals surface area contributed by atoms with Gasteiger partial charge in [0.2, 0.25) is 5.28 Å². The number of ether oxygens (including phenoxy) is 1. The van der Waals surface area contributed by atoms with E-state index >= 15 is 0 Å². The molecule has 3 rings (SSSR count). The summed E-state index contributed by atoms with van der Waals surface area (Å²) < 4.78 is 5.18. The molecule has 5 nitrogen and oxygen atoms in total. The fraction of sp³-hybridized carbons (Fsp3) is 0.0667. The number of hydrogen-bond acceptors (Lipinski definition) is 3. The second kappa shape index (κ2) is 6.28. The number of nitrogens with zero attached hydrogens (tertiary/aromatic N) is 1. The Labute approximate surface area is 146 Å². The number of anilines is 1. The van der Waals surface area contributed by atoms with Crippen LogP contribution in [0.5, 0.6) is 5.75 Å². The molecule has 2 aromatic carbocycles. The van der Waals surface area contributed by atoms with Crippen LogP contribution in [0.25, 0.3) is 11.0 Å². The van der Waals surface area contributed by atoms with Gasteiger partial charge in [-0.1, -0.05) is 23.2 Å². The molecule has 2 N–H and O–H groups in total. The van der Waals surface area contributed by atoms with Crippen LogP contribution < -0.4 is 10.1 Å². The third-order valence-corrected chi connectivity index (χ3v) is 3.99. The van der Waals surface area contributed by atoms with Crippen molar-refractivity contribution in [3.63, 3.8) is 0 Å². The molecule has 0 aliphatic carbocycles. The lowest BCUT2D eigenvalue weighted by Crippen LogP contribution is -2.14. The zero-order valence-corrected chi connectivity index (χ0v) is 14.1. The lowest BCUT2D eigenvalue weighted by atomic mass is 10.1. The Hall–Kier alpha value is -1.95. The fourth-order valence-electron chi connectivity index (χ4n) is 2.19. The van der Waals surface area contributed by atoms with Crippen LogP contribution in [-0.4, -0.2) is 23.0 Å². The van der Waals surface area contributed by atoms with E-state index in [0.717, 1.165) is 0 Å². The highest BCUT2D eigenvalue weighted by Gasteiger charge is 2.19. The standard InChI is InChI=1S/C15H10Cl3N3O2/c1-23-13-9(17)4-3-8(16)12(13)14(22)19-7-2-5-10-11(6-7)21-15(18)20-10/h2-6H,1H3,(H,19,22)(H,20,21). The number of methoxy groups -OCH3 is 1.